The van der Waals surface area contributed by atoms with Crippen molar-refractivity contribution in [3.05, 3.63) is 53.0 Å². The first kappa shape index (κ1) is 19.0. The van der Waals surface area contributed by atoms with Gasteiger partial charge in [-0.05, 0) is 32.0 Å². The monoisotopic (exact) mass is 419 g/mol. The number of nitrogens with zero attached hydrogens (tertiary/aromatic N) is 6. The maximum absolute atomic E-state index is 12.7. The minimum Gasteiger partial charge on any atom is -0.497 e. The fraction of sp³-hybridized carbons (Fsp3) is 0.286. The number of ether oxygens (including phenoxy) is 2. The fourth-order valence-corrected chi connectivity index (χ4v) is 4.08. The number of aromatic nitrogens is 6. The van der Waals surface area contributed by atoms with Crippen molar-refractivity contribution in [1.29, 1.82) is 0 Å². The lowest BCUT2D eigenvalue weighted by Crippen LogP contribution is -2.25. The Morgan fingerprint density at radius 3 is 2.68 bits per heavy atom. The summed E-state index contributed by atoms with van der Waals surface area (Å²) in [4.78, 5) is 12.7. The average molecular weight is 419 g/mol. The van der Waals surface area contributed by atoms with Gasteiger partial charge in [0.25, 0.3) is 0 Å². The summed E-state index contributed by atoms with van der Waals surface area (Å²) in [6.45, 7) is 3.76. The van der Waals surface area contributed by atoms with Crippen LogP contribution in [0.15, 0.2) is 30.3 Å². The number of methoxy groups -OCH3 is 2. The number of carbonyl (C=O) groups is 1. The zero-order valence-electron chi connectivity index (χ0n) is 17.6. The molecule has 1 N–H and O–H groups in total. The van der Waals surface area contributed by atoms with Crippen LogP contribution >= 0.6 is 0 Å². The highest BCUT2D eigenvalue weighted by Gasteiger charge is 2.34. The number of nitrogens with one attached hydrogen (secondary N) is 1. The van der Waals surface area contributed by atoms with E-state index >= 15 is 0 Å². The van der Waals surface area contributed by atoms with E-state index in [0.717, 1.165) is 16.8 Å². The number of carbonyl (C=O) groups excluding carboxylic acids is 1. The van der Waals surface area contributed by atoms with Crippen LogP contribution in [0.3, 0.4) is 0 Å². The Kier molecular flexibility index (Phi) is 4.35. The molecule has 4 heterocycles. The predicted molar refractivity (Wildman–Crippen MR) is 112 cm³/mol. The van der Waals surface area contributed by atoms with Crippen molar-refractivity contribution in [2.24, 2.45) is 0 Å². The Labute approximate surface area is 177 Å². The molecule has 1 aliphatic heterocycles. The van der Waals surface area contributed by atoms with Gasteiger partial charge in [0, 0.05) is 29.5 Å². The number of amides is 1. The van der Waals surface area contributed by atoms with E-state index in [1.807, 2.05) is 38.1 Å². The summed E-state index contributed by atoms with van der Waals surface area (Å²) < 4.78 is 14.2. The van der Waals surface area contributed by atoms with Crippen LogP contribution in [0.2, 0.25) is 0 Å². The van der Waals surface area contributed by atoms with Gasteiger partial charge in [-0.1, -0.05) is 6.07 Å². The third-order valence-corrected chi connectivity index (χ3v) is 5.54. The van der Waals surface area contributed by atoms with Crippen molar-refractivity contribution in [2.45, 2.75) is 26.2 Å². The first-order valence-electron chi connectivity index (χ1n) is 9.81. The Hall–Kier alpha value is -3.95. The first-order valence-corrected chi connectivity index (χ1v) is 9.81. The molecule has 0 bridgehead atoms. The molecule has 0 saturated heterocycles. The molecule has 10 nitrogen and oxygen atoms in total. The zero-order valence-corrected chi connectivity index (χ0v) is 17.6. The molecule has 10 heteroatoms. The van der Waals surface area contributed by atoms with Crippen LogP contribution in [0.5, 0.6) is 11.5 Å². The van der Waals surface area contributed by atoms with E-state index in [1.165, 1.54) is 0 Å². The quantitative estimate of drug-likeness (QED) is 0.541. The summed E-state index contributed by atoms with van der Waals surface area (Å²) in [6.07, 6.45) is 0.291. The van der Waals surface area contributed by atoms with Gasteiger partial charge >= 0.3 is 0 Å². The summed E-state index contributed by atoms with van der Waals surface area (Å²) in [5.74, 6) is 2.88. The topological polar surface area (TPSA) is 108 Å². The Bertz CT molecular complexity index is 1320. The van der Waals surface area contributed by atoms with Crippen LogP contribution in [0.25, 0.3) is 11.5 Å². The van der Waals surface area contributed by atoms with Crippen molar-refractivity contribution < 1.29 is 14.3 Å². The molecular weight excluding hydrogens is 398 g/mol. The summed E-state index contributed by atoms with van der Waals surface area (Å²) in [5.41, 5.74) is 3.29. The normalized spacial score (nSPS) is 15.6. The van der Waals surface area contributed by atoms with Crippen LogP contribution in [0, 0.1) is 13.8 Å². The highest BCUT2D eigenvalue weighted by atomic mass is 16.5. The predicted octanol–water partition coefficient (Wildman–Crippen LogP) is 2.42. The van der Waals surface area contributed by atoms with Crippen LogP contribution in [-0.2, 0) is 4.79 Å². The van der Waals surface area contributed by atoms with Crippen molar-refractivity contribution in [3.63, 3.8) is 0 Å². The lowest BCUT2D eigenvalue weighted by Gasteiger charge is -2.25. The highest BCUT2D eigenvalue weighted by Crippen LogP contribution is 2.43. The summed E-state index contributed by atoms with van der Waals surface area (Å²) in [6, 6.07) is 9.26. The summed E-state index contributed by atoms with van der Waals surface area (Å²) in [5, 5.41) is 20.4. The molecule has 1 aromatic carbocycles. The molecule has 3 aromatic heterocycles. The number of benzene rings is 1. The molecule has 4 aromatic rings. The third-order valence-electron chi connectivity index (χ3n) is 5.54. The largest absolute Gasteiger partial charge is 0.497 e. The second kappa shape index (κ2) is 7.08. The van der Waals surface area contributed by atoms with E-state index in [-0.39, 0.29) is 11.8 Å². The van der Waals surface area contributed by atoms with E-state index in [2.05, 4.69) is 20.6 Å². The van der Waals surface area contributed by atoms with Crippen molar-refractivity contribution >= 4 is 17.4 Å². The number of hydrogen-bond donors (Lipinski definition) is 1. The molecule has 0 fully saturated rings. The number of anilines is 1. The van der Waals surface area contributed by atoms with Gasteiger partial charge in [0.05, 0.1) is 19.9 Å². The third kappa shape index (κ3) is 2.98. The lowest BCUT2D eigenvalue weighted by molar-refractivity contribution is -0.116. The molecule has 1 aliphatic rings. The number of aryl methyl sites for hydroxylation is 2. The summed E-state index contributed by atoms with van der Waals surface area (Å²) >= 11 is 0. The second-order valence-corrected chi connectivity index (χ2v) is 7.38. The van der Waals surface area contributed by atoms with Crippen LogP contribution in [-0.4, -0.2) is 49.7 Å². The standard InChI is InChI=1S/C21H21N7O3/c1-11-20-15(14-6-5-13(30-3)9-16(14)31-4)10-19(29)22-21(20)28(25-11)18-8-7-17-24-23-12(2)27(17)26-18/h5-9,15H,10H2,1-4H3,(H,22,29). The molecule has 1 unspecified atom stereocenters. The maximum Gasteiger partial charge on any atom is 0.226 e. The van der Waals surface area contributed by atoms with E-state index in [1.54, 1.807) is 29.5 Å². The molecule has 31 heavy (non-hydrogen) atoms. The molecule has 0 aliphatic carbocycles. The number of rotatable bonds is 4. The SMILES string of the molecule is COc1ccc(C2CC(=O)Nc3c2c(C)nn3-c2ccc3nnc(C)n3n2)c(OC)c1. The second-order valence-electron chi connectivity index (χ2n) is 7.38. The van der Waals surface area contributed by atoms with E-state index in [4.69, 9.17) is 14.6 Å². The van der Waals surface area contributed by atoms with Crippen LogP contribution in [0.4, 0.5) is 5.82 Å². The minimum absolute atomic E-state index is 0.0990. The van der Waals surface area contributed by atoms with Crippen molar-refractivity contribution in [1.82, 2.24) is 29.6 Å². The van der Waals surface area contributed by atoms with Crippen LogP contribution in [0.1, 0.15) is 35.0 Å². The molecule has 0 spiro atoms. The van der Waals surface area contributed by atoms with E-state index < -0.39 is 0 Å². The fourth-order valence-electron chi connectivity index (χ4n) is 4.08. The van der Waals surface area contributed by atoms with E-state index in [0.29, 0.717) is 41.0 Å². The molecular formula is C21H21N7O3. The maximum atomic E-state index is 12.7. The summed E-state index contributed by atoms with van der Waals surface area (Å²) in [7, 11) is 3.22. The Morgan fingerprint density at radius 1 is 1.06 bits per heavy atom. The van der Waals surface area contributed by atoms with Gasteiger partial charge in [0.2, 0.25) is 5.91 Å². The lowest BCUT2D eigenvalue weighted by atomic mass is 9.85. The molecule has 1 atom stereocenters. The number of fused-ring (bicyclic) bond motifs is 2. The smallest absolute Gasteiger partial charge is 0.226 e. The van der Waals surface area contributed by atoms with Crippen molar-refractivity contribution in [3.8, 4) is 17.3 Å². The van der Waals surface area contributed by atoms with Gasteiger partial charge in [0.1, 0.15) is 17.3 Å². The minimum atomic E-state index is -0.210. The molecule has 1 amide bonds. The van der Waals surface area contributed by atoms with Crippen molar-refractivity contribution in [2.75, 3.05) is 19.5 Å². The first-order chi connectivity index (χ1) is 15.0. The Morgan fingerprint density at radius 2 is 1.90 bits per heavy atom. The highest BCUT2D eigenvalue weighted by molar-refractivity contribution is 5.95. The Balaban J connectivity index is 1.67. The number of hydrogen-bond acceptors (Lipinski definition) is 7. The molecule has 0 radical (unpaired) electrons. The average Bonchev–Trinajstić information content (AvgIpc) is 3.32. The van der Waals surface area contributed by atoms with Gasteiger partial charge in [-0.25, -0.2) is 0 Å². The van der Waals surface area contributed by atoms with Gasteiger partial charge in [-0.2, -0.15) is 14.3 Å². The van der Waals surface area contributed by atoms with E-state index in [9.17, 15) is 4.79 Å². The molecule has 0 saturated carbocycles. The molecule has 5 rings (SSSR count). The molecule has 158 valence electrons. The van der Waals surface area contributed by atoms with Gasteiger partial charge in [-0.3, -0.25) is 4.79 Å². The zero-order chi connectivity index (χ0) is 21.7. The van der Waals surface area contributed by atoms with Gasteiger partial charge < -0.3 is 14.8 Å². The van der Waals surface area contributed by atoms with Gasteiger partial charge in [0.15, 0.2) is 17.3 Å². The van der Waals surface area contributed by atoms with Gasteiger partial charge in [-0.15, -0.1) is 15.3 Å². The van der Waals surface area contributed by atoms with Crippen LogP contribution < -0.4 is 14.8 Å².